The van der Waals surface area contributed by atoms with Crippen molar-refractivity contribution in [3.8, 4) is 0 Å². The number of fused-ring (bicyclic) bond motifs is 3. The van der Waals surface area contributed by atoms with E-state index in [-0.39, 0.29) is 36.4 Å². The Morgan fingerprint density at radius 1 is 1.12 bits per heavy atom. The summed E-state index contributed by atoms with van der Waals surface area (Å²) >= 11 is 1.61. The molecule has 4 N–H and O–H groups in total. The van der Waals surface area contributed by atoms with Gasteiger partial charge in [0.25, 0.3) is 11.5 Å². The standard InChI is InChI=1S/C23H26N6O3S/c30-19(27-28-21(31)17-12-16(25-26-17)14-6-2-1-3-7-14)10-11-29-13-24-22-20(23(29)32)15-8-4-5-9-18(15)33-22/h1-3,6-7,13,16-17,25-26H,4-5,8-12H2,(H,27,30)(H,28,31). The molecule has 5 rings (SSSR count). The molecule has 2 aliphatic rings. The number of hydrogen-bond donors (Lipinski definition) is 4. The van der Waals surface area contributed by atoms with E-state index in [9.17, 15) is 14.4 Å². The molecule has 10 heteroatoms. The Hall–Kier alpha value is -3.08. The largest absolute Gasteiger partial charge is 0.298 e. The summed E-state index contributed by atoms with van der Waals surface area (Å²) < 4.78 is 1.48. The van der Waals surface area contributed by atoms with Crippen LogP contribution in [0.1, 0.15) is 47.7 Å². The molecule has 0 saturated carbocycles. The number of rotatable bonds is 5. The average Bonchev–Trinajstić information content (AvgIpc) is 3.48. The van der Waals surface area contributed by atoms with Crippen molar-refractivity contribution in [3.05, 3.63) is 63.0 Å². The van der Waals surface area contributed by atoms with Crippen LogP contribution < -0.4 is 27.3 Å². The Morgan fingerprint density at radius 3 is 2.79 bits per heavy atom. The fraction of sp³-hybridized carbons (Fsp3) is 0.391. The van der Waals surface area contributed by atoms with Crippen molar-refractivity contribution in [1.29, 1.82) is 0 Å². The van der Waals surface area contributed by atoms with E-state index in [2.05, 4.69) is 26.7 Å². The Bertz CT molecular complexity index is 1240. The summed E-state index contributed by atoms with van der Waals surface area (Å²) in [6, 6.07) is 9.42. The van der Waals surface area contributed by atoms with Gasteiger partial charge in [0.15, 0.2) is 0 Å². The molecule has 0 spiro atoms. The molecule has 1 saturated heterocycles. The topological polar surface area (TPSA) is 117 Å². The third kappa shape index (κ3) is 4.54. The summed E-state index contributed by atoms with van der Waals surface area (Å²) in [6.45, 7) is 0.202. The number of nitrogens with one attached hydrogen (secondary N) is 4. The minimum Gasteiger partial charge on any atom is -0.298 e. The number of nitrogens with zero attached hydrogens (tertiary/aromatic N) is 2. The molecule has 2 atom stereocenters. The van der Waals surface area contributed by atoms with Crippen LogP contribution in [0.4, 0.5) is 0 Å². The Kier molecular flexibility index (Phi) is 6.21. The number of hydrazine groups is 2. The van der Waals surface area contributed by atoms with Crippen LogP contribution in [0, 0.1) is 0 Å². The van der Waals surface area contributed by atoms with Crippen molar-refractivity contribution in [2.24, 2.45) is 0 Å². The van der Waals surface area contributed by atoms with Crippen LogP contribution in [0.25, 0.3) is 10.2 Å². The molecular formula is C23H26N6O3S. The van der Waals surface area contributed by atoms with E-state index in [1.165, 1.54) is 15.8 Å². The zero-order valence-electron chi connectivity index (χ0n) is 18.1. The van der Waals surface area contributed by atoms with Gasteiger partial charge in [-0.05, 0) is 43.2 Å². The molecule has 2 unspecified atom stereocenters. The smallest absolute Gasteiger partial charge is 0.262 e. The van der Waals surface area contributed by atoms with Crippen LogP contribution in [0.3, 0.4) is 0 Å². The molecule has 1 aliphatic heterocycles. The number of benzene rings is 1. The highest BCUT2D eigenvalue weighted by molar-refractivity contribution is 7.18. The summed E-state index contributed by atoms with van der Waals surface area (Å²) in [5.74, 6) is -0.687. The summed E-state index contributed by atoms with van der Waals surface area (Å²) in [5, 5.41) is 0.707. The second-order valence-corrected chi connectivity index (χ2v) is 9.55. The second-order valence-electron chi connectivity index (χ2n) is 8.46. The van der Waals surface area contributed by atoms with E-state index in [0.29, 0.717) is 11.8 Å². The number of hydrogen-bond acceptors (Lipinski definition) is 7. The first-order valence-electron chi connectivity index (χ1n) is 11.2. The highest BCUT2D eigenvalue weighted by Crippen LogP contribution is 2.33. The number of thiophene rings is 1. The maximum Gasteiger partial charge on any atom is 0.262 e. The average molecular weight is 467 g/mol. The Balaban J connectivity index is 1.14. The fourth-order valence-electron chi connectivity index (χ4n) is 4.48. The SMILES string of the molecule is O=C(CCn1cnc2sc3c(c2c1=O)CCCC3)NNC(=O)C1CC(c2ccccc2)NN1. The number of amides is 2. The molecule has 0 radical (unpaired) electrons. The van der Waals surface area contributed by atoms with Crippen molar-refractivity contribution in [1.82, 2.24) is 31.3 Å². The van der Waals surface area contributed by atoms with Crippen LogP contribution in [-0.4, -0.2) is 27.4 Å². The predicted molar refractivity (Wildman–Crippen MR) is 125 cm³/mol. The molecule has 9 nitrogen and oxygen atoms in total. The molecule has 172 valence electrons. The van der Waals surface area contributed by atoms with Gasteiger partial charge in [-0.2, -0.15) is 0 Å². The molecular weight excluding hydrogens is 440 g/mol. The van der Waals surface area contributed by atoms with E-state index >= 15 is 0 Å². The maximum absolute atomic E-state index is 13.0. The molecule has 0 bridgehead atoms. The number of carbonyl (C=O) groups is 2. The molecule has 2 amide bonds. The van der Waals surface area contributed by atoms with Gasteiger partial charge in [0.1, 0.15) is 10.9 Å². The second kappa shape index (κ2) is 9.42. The number of aromatic nitrogens is 2. The zero-order chi connectivity index (χ0) is 22.8. The highest BCUT2D eigenvalue weighted by atomic mass is 32.1. The predicted octanol–water partition coefficient (Wildman–Crippen LogP) is 1.48. The lowest BCUT2D eigenvalue weighted by atomic mass is 9.97. The van der Waals surface area contributed by atoms with Gasteiger partial charge in [-0.3, -0.25) is 29.8 Å². The minimum absolute atomic E-state index is 0.0230. The zero-order valence-corrected chi connectivity index (χ0v) is 18.9. The minimum atomic E-state index is -0.463. The van der Waals surface area contributed by atoms with Gasteiger partial charge in [-0.1, -0.05) is 30.3 Å². The van der Waals surface area contributed by atoms with Gasteiger partial charge < -0.3 is 0 Å². The molecule has 1 aromatic carbocycles. The van der Waals surface area contributed by atoms with E-state index in [0.717, 1.165) is 41.6 Å². The number of carbonyl (C=O) groups excluding carboxylic acids is 2. The quantitative estimate of drug-likeness (QED) is 0.423. The monoisotopic (exact) mass is 466 g/mol. The summed E-state index contributed by atoms with van der Waals surface area (Å²) in [7, 11) is 0. The Labute approximate surface area is 194 Å². The van der Waals surface area contributed by atoms with E-state index in [1.54, 1.807) is 11.3 Å². The van der Waals surface area contributed by atoms with Gasteiger partial charge in [-0.25, -0.2) is 15.8 Å². The van der Waals surface area contributed by atoms with Crippen molar-refractivity contribution in [3.63, 3.8) is 0 Å². The van der Waals surface area contributed by atoms with E-state index < -0.39 is 6.04 Å². The number of aryl methyl sites for hydroxylation is 3. The summed E-state index contributed by atoms with van der Waals surface area (Å²) in [4.78, 5) is 44.2. The molecule has 3 aromatic rings. The lowest BCUT2D eigenvalue weighted by Gasteiger charge is -2.12. The molecule has 1 fully saturated rings. The van der Waals surface area contributed by atoms with Crippen LogP contribution in [-0.2, 0) is 29.0 Å². The van der Waals surface area contributed by atoms with Gasteiger partial charge in [-0.15, -0.1) is 11.3 Å². The van der Waals surface area contributed by atoms with Crippen LogP contribution in [0.15, 0.2) is 41.5 Å². The first-order chi connectivity index (χ1) is 16.1. The van der Waals surface area contributed by atoms with Crippen molar-refractivity contribution in [2.45, 2.75) is 57.2 Å². The van der Waals surface area contributed by atoms with Gasteiger partial charge in [0.05, 0.1) is 11.7 Å². The maximum atomic E-state index is 13.0. The first-order valence-corrected chi connectivity index (χ1v) is 12.1. The molecule has 1 aliphatic carbocycles. The summed E-state index contributed by atoms with van der Waals surface area (Å²) in [5.41, 5.74) is 13.1. The first kappa shape index (κ1) is 21.7. The molecule has 2 aromatic heterocycles. The van der Waals surface area contributed by atoms with Gasteiger partial charge in [0.2, 0.25) is 5.91 Å². The van der Waals surface area contributed by atoms with Crippen molar-refractivity contribution >= 4 is 33.4 Å². The lowest BCUT2D eigenvalue weighted by Crippen LogP contribution is -2.50. The van der Waals surface area contributed by atoms with Crippen molar-refractivity contribution < 1.29 is 9.59 Å². The lowest BCUT2D eigenvalue weighted by molar-refractivity contribution is -0.130. The third-order valence-electron chi connectivity index (χ3n) is 6.27. The summed E-state index contributed by atoms with van der Waals surface area (Å²) in [6.07, 6.45) is 6.30. The van der Waals surface area contributed by atoms with E-state index in [4.69, 9.17) is 0 Å². The van der Waals surface area contributed by atoms with Crippen LogP contribution in [0.5, 0.6) is 0 Å². The molecule has 3 heterocycles. The molecule has 33 heavy (non-hydrogen) atoms. The Morgan fingerprint density at radius 2 is 1.94 bits per heavy atom. The fourth-order valence-corrected chi connectivity index (χ4v) is 5.69. The normalized spacial score (nSPS) is 19.9. The highest BCUT2D eigenvalue weighted by Gasteiger charge is 2.30. The van der Waals surface area contributed by atoms with Crippen LogP contribution >= 0.6 is 11.3 Å². The van der Waals surface area contributed by atoms with Crippen LogP contribution in [0.2, 0.25) is 0 Å². The third-order valence-corrected chi connectivity index (χ3v) is 7.47. The van der Waals surface area contributed by atoms with Crippen molar-refractivity contribution in [2.75, 3.05) is 0 Å². The van der Waals surface area contributed by atoms with Gasteiger partial charge >= 0.3 is 0 Å². The van der Waals surface area contributed by atoms with E-state index in [1.807, 2.05) is 30.3 Å². The van der Waals surface area contributed by atoms with Gasteiger partial charge in [0, 0.05) is 23.9 Å².